The summed E-state index contributed by atoms with van der Waals surface area (Å²) in [5, 5.41) is 10.0. The summed E-state index contributed by atoms with van der Waals surface area (Å²) in [4.78, 5) is 12.5. The third-order valence-corrected chi connectivity index (χ3v) is 4.16. The van der Waals surface area contributed by atoms with Crippen LogP contribution in [0.15, 0.2) is 35.3 Å². The topological polar surface area (TPSA) is 68.2 Å². The number of thiol groups is 2. The van der Waals surface area contributed by atoms with Gasteiger partial charge in [0.25, 0.3) is 5.56 Å². The number of nitrogens with zero attached hydrogens (tertiary/aromatic N) is 2. The molecule has 2 heterocycles. The molecule has 0 saturated carbocycles. The van der Waals surface area contributed by atoms with E-state index < -0.39 is 0 Å². The first-order valence-corrected chi connectivity index (χ1v) is 7.73. The van der Waals surface area contributed by atoms with Crippen LogP contribution < -0.4 is 20.9 Å². The summed E-state index contributed by atoms with van der Waals surface area (Å²) in [6.45, 7) is 0.389. The van der Waals surface area contributed by atoms with Gasteiger partial charge < -0.3 is 10.1 Å². The Morgan fingerprint density at radius 1 is 1.32 bits per heavy atom. The summed E-state index contributed by atoms with van der Waals surface area (Å²) in [5.74, 6) is 0.776. The fraction of sp³-hybridized carbons (Fsp3) is 0.286. The van der Waals surface area contributed by atoms with Crippen molar-refractivity contribution in [3.05, 3.63) is 51.9 Å². The minimum absolute atomic E-state index is 0.187. The number of nitrogens with one attached hydrogen (secondary N) is 2. The normalized spacial score (nSPS) is 20.1. The predicted octanol–water partition coefficient (Wildman–Crippen LogP) is 1.46. The summed E-state index contributed by atoms with van der Waals surface area (Å²) < 4.78 is 6.54. The number of anilines is 1. The van der Waals surface area contributed by atoms with E-state index in [1.807, 2.05) is 24.3 Å². The van der Waals surface area contributed by atoms with E-state index in [1.165, 1.54) is 4.68 Å². The van der Waals surface area contributed by atoms with Gasteiger partial charge in [-0.15, -0.1) is 12.6 Å². The molecule has 0 radical (unpaired) electrons. The van der Waals surface area contributed by atoms with Crippen molar-refractivity contribution < 1.29 is 4.74 Å². The van der Waals surface area contributed by atoms with Crippen molar-refractivity contribution in [1.29, 1.82) is 0 Å². The second-order valence-electron chi connectivity index (χ2n) is 4.90. The lowest BCUT2D eigenvalue weighted by molar-refractivity contribution is 0.414. The van der Waals surface area contributed by atoms with E-state index in [0.29, 0.717) is 12.2 Å². The molecule has 2 atom stereocenters. The van der Waals surface area contributed by atoms with Gasteiger partial charge in [-0.05, 0) is 17.7 Å². The predicted molar refractivity (Wildman–Crippen MR) is 91.9 cm³/mol. The third-order valence-electron chi connectivity index (χ3n) is 3.46. The van der Waals surface area contributed by atoms with Crippen molar-refractivity contribution in [2.24, 2.45) is 0 Å². The summed E-state index contributed by atoms with van der Waals surface area (Å²) in [5.41, 5.74) is 1.67. The van der Waals surface area contributed by atoms with Crippen LogP contribution in [0.4, 0.5) is 5.69 Å². The van der Waals surface area contributed by atoms with Crippen molar-refractivity contribution >= 4 is 30.9 Å². The molecule has 0 saturated heterocycles. The molecular formula is C14H16N4O2S2. The molecule has 0 spiro atoms. The summed E-state index contributed by atoms with van der Waals surface area (Å²) >= 11 is 8.69. The number of benzene rings is 1. The van der Waals surface area contributed by atoms with Gasteiger partial charge in [0, 0.05) is 5.56 Å². The maximum absolute atomic E-state index is 12.5. The average Bonchev–Trinajstić information content (AvgIpc) is 2.51. The highest BCUT2D eigenvalue weighted by molar-refractivity contribution is 7.81. The van der Waals surface area contributed by atoms with E-state index in [4.69, 9.17) is 4.74 Å². The zero-order chi connectivity index (χ0) is 15.7. The molecule has 3 rings (SSSR count). The Bertz CT molecular complexity index is 733. The molecule has 2 N–H and O–H groups in total. The van der Waals surface area contributed by atoms with Crippen LogP contribution in [0.2, 0.25) is 0 Å². The fourth-order valence-corrected chi connectivity index (χ4v) is 3.03. The zero-order valence-electron chi connectivity index (χ0n) is 11.9. The second-order valence-corrected chi connectivity index (χ2v) is 5.93. The molecule has 22 heavy (non-hydrogen) atoms. The number of hydrogen-bond donors (Lipinski definition) is 4. The number of aromatic nitrogens is 2. The van der Waals surface area contributed by atoms with E-state index in [0.717, 1.165) is 16.9 Å². The van der Waals surface area contributed by atoms with Crippen molar-refractivity contribution in [3.63, 3.8) is 0 Å². The Balaban J connectivity index is 1.92. The number of methoxy groups -OCH3 is 1. The second kappa shape index (κ2) is 6.23. The van der Waals surface area contributed by atoms with E-state index in [-0.39, 0.29) is 16.4 Å². The molecular weight excluding hydrogens is 320 g/mol. The van der Waals surface area contributed by atoms with E-state index in [9.17, 15) is 4.79 Å². The lowest BCUT2D eigenvalue weighted by Gasteiger charge is -2.28. The fourth-order valence-electron chi connectivity index (χ4n) is 2.29. The summed E-state index contributed by atoms with van der Waals surface area (Å²) in [6.07, 6.45) is 1.65. The Labute approximate surface area is 138 Å². The molecule has 2 unspecified atom stereocenters. The van der Waals surface area contributed by atoms with Crippen molar-refractivity contribution in [2.75, 3.05) is 12.4 Å². The van der Waals surface area contributed by atoms with E-state index in [1.54, 1.807) is 13.3 Å². The number of ether oxygens (including phenoxy) is 1. The van der Waals surface area contributed by atoms with Gasteiger partial charge in [0.1, 0.15) is 16.9 Å². The lowest BCUT2D eigenvalue weighted by atomic mass is 10.2. The average molecular weight is 336 g/mol. The van der Waals surface area contributed by atoms with Gasteiger partial charge in [-0.2, -0.15) is 17.7 Å². The van der Waals surface area contributed by atoms with Crippen LogP contribution in [0.1, 0.15) is 16.5 Å². The molecule has 1 aliphatic rings. The Morgan fingerprint density at radius 3 is 2.73 bits per heavy atom. The van der Waals surface area contributed by atoms with Crippen molar-refractivity contribution in [1.82, 2.24) is 15.1 Å². The first kappa shape index (κ1) is 15.3. The van der Waals surface area contributed by atoms with Crippen LogP contribution in [0.25, 0.3) is 0 Å². The van der Waals surface area contributed by atoms with Gasteiger partial charge in [-0.3, -0.25) is 10.1 Å². The molecule has 1 aromatic heterocycles. The van der Waals surface area contributed by atoms with E-state index >= 15 is 0 Å². The van der Waals surface area contributed by atoms with E-state index in [2.05, 4.69) is 41.0 Å². The molecule has 0 amide bonds. The molecule has 2 aromatic rings. The molecule has 0 aliphatic carbocycles. The first-order chi connectivity index (χ1) is 10.6. The Morgan fingerprint density at radius 2 is 2.05 bits per heavy atom. The standard InChI is InChI=1S/C14H16N4O2S2/c1-20-9-4-2-8(3-5-9)7-18-13(19)11-10(6-15-18)12(21)17-14(22)16-11/h2-6,12,14,16-17,21-22H,7H2,1H3. The molecule has 6 nitrogen and oxygen atoms in total. The Kier molecular flexibility index (Phi) is 4.32. The van der Waals surface area contributed by atoms with Crippen molar-refractivity contribution in [3.8, 4) is 5.75 Å². The van der Waals surface area contributed by atoms with Gasteiger partial charge in [0.15, 0.2) is 0 Å². The largest absolute Gasteiger partial charge is 0.497 e. The summed E-state index contributed by atoms with van der Waals surface area (Å²) in [6, 6.07) is 7.53. The number of hydrogen-bond acceptors (Lipinski definition) is 7. The quantitative estimate of drug-likeness (QED) is 0.639. The molecule has 8 heteroatoms. The van der Waals surface area contributed by atoms with Gasteiger partial charge in [-0.25, -0.2) is 4.68 Å². The monoisotopic (exact) mass is 336 g/mol. The molecule has 0 fully saturated rings. The number of fused-ring (bicyclic) bond motifs is 1. The SMILES string of the molecule is COc1ccc(Cn2ncc3c(c2=O)NC(S)NC3S)cc1. The third kappa shape index (κ3) is 2.94. The molecule has 116 valence electrons. The van der Waals surface area contributed by atoms with Crippen LogP contribution >= 0.6 is 25.3 Å². The van der Waals surface area contributed by atoms with Crippen LogP contribution in [0.3, 0.4) is 0 Å². The molecule has 1 aliphatic heterocycles. The molecule has 0 bridgehead atoms. The smallest absolute Gasteiger partial charge is 0.290 e. The number of rotatable bonds is 3. The highest BCUT2D eigenvalue weighted by Crippen LogP contribution is 2.27. The minimum atomic E-state index is -0.320. The van der Waals surface area contributed by atoms with Crippen molar-refractivity contribution in [2.45, 2.75) is 17.4 Å². The molecule has 1 aromatic carbocycles. The van der Waals surface area contributed by atoms with Gasteiger partial charge in [0.05, 0.1) is 25.2 Å². The summed E-state index contributed by atoms with van der Waals surface area (Å²) in [7, 11) is 1.62. The van der Waals surface area contributed by atoms with Crippen LogP contribution in [-0.4, -0.2) is 22.4 Å². The first-order valence-electron chi connectivity index (χ1n) is 6.70. The zero-order valence-corrected chi connectivity index (χ0v) is 13.6. The van der Waals surface area contributed by atoms with Gasteiger partial charge in [-0.1, -0.05) is 12.1 Å². The lowest BCUT2D eigenvalue weighted by Crippen LogP contribution is -2.42. The van der Waals surface area contributed by atoms with Gasteiger partial charge >= 0.3 is 0 Å². The van der Waals surface area contributed by atoms with Crippen LogP contribution in [0, 0.1) is 0 Å². The highest BCUT2D eigenvalue weighted by atomic mass is 32.1. The maximum Gasteiger partial charge on any atom is 0.290 e. The van der Waals surface area contributed by atoms with Crippen LogP contribution in [-0.2, 0) is 6.54 Å². The minimum Gasteiger partial charge on any atom is -0.497 e. The highest BCUT2D eigenvalue weighted by Gasteiger charge is 2.24. The maximum atomic E-state index is 12.5. The Hall–Kier alpha value is -1.64. The van der Waals surface area contributed by atoms with Gasteiger partial charge in [0.2, 0.25) is 0 Å². The van der Waals surface area contributed by atoms with Crippen LogP contribution in [0.5, 0.6) is 5.75 Å².